The molecule has 132 valence electrons. The molecule has 1 aromatic rings. The molecule has 0 aliphatic rings. The van der Waals surface area contributed by atoms with E-state index in [4.69, 9.17) is 23.2 Å². The molecule has 1 rings (SSSR count). The van der Waals surface area contributed by atoms with E-state index >= 15 is 0 Å². The minimum absolute atomic E-state index is 0.136. The molecular formula is C17H21Cl2NO4. The molecule has 24 heavy (non-hydrogen) atoms. The van der Waals surface area contributed by atoms with Crippen molar-refractivity contribution in [1.29, 1.82) is 0 Å². The fraction of sp³-hybridized carbons (Fsp3) is 0.412. The topological polar surface area (TPSA) is 86.6 Å². The minimum atomic E-state index is -1.10. The van der Waals surface area contributed by atoms with Crippen LogP contribution < -0.4 is 5.32 Å². The van der Waals surface area contributed by atoms with Crippen LogP contribution in [-0.4, -0.2) is 34.2 Å². The molecule has 0 fully saturated rings. The summed E-state index contributed by atoms with van der Waals surface area (Å²) in [5, 5.41) is 22.2. The van der Waals surface area contributed by atoms with Crippen molar-refractivity contribution >= 4 is 41.2 Å². The van der Waals surface area contributed by atoms with E-state index in [1.807, 2.05) is 13.8 Å². The van der Waals surface area contributed by atoms with Crippen LogP contribution in [0, 0.1) is 5.92 Å². The third-order valence-electron chi connectivity index (χ3n) is 3.27. The van der Waals surface area contributed by atoms with Crippen molar-refractivity contribution in [3.05, 3.63) is 39.9 Å². The summed E-state index contributed by atoms with van der Waals surface area (Å²) in [4.78, 5) is 22.6. The van der Waals surface area contributed by atoms with Gasteiger partial charge in [-0.05, 0) is 42.5 Å². The van der Waals surface area contributed by atoms with E-state index in [-0.39, 0.29) is 12.3 Å². The largest absolute Gasteiger partial charge is 0.480 e. The Bertz CT molecular complexity index is 596. The van der Waals surface area contributed by atoms with Crippen molar-refractivity contribution in [2.45, 2.75) is 38.8 Å². The number of aliphatic carboxylic acids is 2. The number of hydrogen-bond donors (Lipinski definition) is 3. The predicted octanol–water partition coefficient (Wildman–Crippen LogP) is 3.94. The Labute approximate surface area is 151 Å². The summed E-state index contributed by atoms with van der Waals surface area (Å²) in [6, 6.07) is 3.11. The molecule has 0 radical (unpaired) electrons. The van der Waals surface area contributed by atoms with Gasteiger partial charge in [-0.3, -0.25) is 14.9 Å². The Kier molecular flexibility index (Phi) is 8.25. The lowest BCUT2D eigenvalue weighted by Gasteiger charge is -2.20. The van der Waals surface area contributed by atoms with Gasteiger partial charge in [-0.2, -0.15) is 0 Å². The van der Waals surface area contributed by atoms with Crippen LogP contribution in [0.2, 0.25) is 10.0 Å². The summed E-state index contributed by atoms with van der Waals surface area (Å²) >= 11 is 11.8. The molecule has 3 N–H and O–H groups in total. The van der Waals surface area contributed by atoms with Gasteiger partial charge < -0.3 is 10.2 Å². The lowest BCUT2D eigenvalue weighted by atomic mass is 10.0. The summed E-state index contributed by atoms with van der Waals surface area (Å²) < 4.78 is 0. The van der Waals surface area contributed by atoms with E-state index in [0.717, 1.165) is 5.56 Å². The van der Waals surface area contributed by atoms with Crippen molar-refractivity contribution in [3.8, 4) is 0 Å². The number of rotatable bonds is 9. The van der Waals surface area contributed by atoms with Crippen LogP contribution in [0.25, 0.3) is 6.08 Å². The van der Waals surface area contributed by atoms with E-state index in [2.05, 4.69) is 5.32 Å². The normalized spacial score (nSPS) is 14.0. The van der Waals surface area contributed by atoms with Crippen molar-refractivity contribution in [2.75, 3.05) is 0 Å². The number of carbonyl (C=O) groups is 2. The summed E-state index contributed by atoms with van der Waals surface area (Å²) in [7, 11) is 0. The van der Waals surface area contributed by atoms with Gasteiger partial charge in [-0.1, -0.05) is 49.2 Å². The maximum absolute atomic E-state index is 11.4. The van der Waals surface area contributed by atoms with Crippen LogP contribution >= 0.6 is 23.2 Å². The van der Waals surface area contributed by atoms with Crippen LogP contribution in [0.15, 0.2) is 24.3 Å². The summed E-state index contributed by atoms with van der Waals surface area (Å²) in [6.07, 6.45) is 3.85. The van der Waals surface area contributed by atoms with Crippen LogP contribution in [0.3, 0.4) is 0 Å². The highest BCUT2D eigenvalue weighted by atomic mass is 35.5. The fourth-order valence-corrected chi connectivity index (χ4v) is 2.75. The molecule has 0 saturated heterocycles. The number of carboxylic acids is 2. The SMILES string of the molecule is CC(C)CC(NC(CC=Cc1cc(Cl)cc(Cl)c1)C(=O)O)C(=O)O. The highest BCUT2D eigenvalue weighted by molar-refractivity contribution is 6.34. The second-order valence-electron chi connectivity index (χ2n) is 5.92. The first-order chi connectivity index (χ1) is 11.2. The van der Waals surface area contributed by atoms with Gasteiger partial charge in [0.2, 0.25) is 0 Å². The van der Waals surface area contributed by atoms with E-state index < -0.39 is 24.0 Å². The Morgan fingerprint density at radius 1 is 1.08 bits per heavy atom. The second-order valence-corrected chi connectivity index (χ2v) is 6.79. The number of nitrogens with one attached hydrogen (secondary N) is 1. The van der Waals surface area contributed by atoms with E-state index in [1.165, 1.54) is 0 Å². The Balaban J connectivity index is 2.76. The Hall–Kier alpha value is -1.56. The molecule has 0 bridgehead atoms. The lowest BCUT2D eigenvalue weighted by molar-refractivity contribution is -0.142. The Morgan fingerprint density at radius 2 is 1.62 bits per heavy atom. The highest BCUT2D eigenvalue weighted by Gasteiger charge is 2.25. The smallest absolute Gasteiger partial charge is 0.321 e. The van der Waals surface area contributed by atoms with Crippen molar-refractivity contribution in [1.82, 2.24) is 5.32 Å². The molecule has 0 aliphatic carbocycles. The van der Waals surface area contributed by atoms with Crippen LogP contribution in [0.4, 0.5) is 0 Å². The molecule has 0 amide bonds. The molecule has 2 unspecified atom stereocenters. The molecule has 1 aromatic carbocycles. The van der Waals surface area contributed by atoms with E-state index in [1.54, 1.807) is 30.4 Å². The molecule has 2 atom stereocenters. The monoisotopic (exact) mass is 373 g/mol. The average Bonchev–Trinajstić information content (AvgIpc) is 2.43. The van der Waals surface area contributed by atoms with Gasteiger partial charge in [-0.25, -0.2) is 0 Å². The number of benzene rings is 1. The summed E-state index contributed by atoms with van der Waals surface area (Å²) in [6.45, 7) is 3.77. The van der Waals surface area contributed by atoms with Crippen LogP contribution in [0.5, 0.6) is 0 Å². The van der Waals surface area contributed by atoms with Crippen molar-refractivity contribution in [2.24, 2.45) is 5.92 Å². The summed E-state index contributed by atoms with van der Waals surface area (Å²) in [5.41, 5.74) is 0.744. The maximum Gasteiger partial charge on any atom is 0.321 e. The van der Waals surface area contributed by atoms with Gasteiger partial charge in [0.1, 0.15) is 12.1 Å². The van der Waals surface area contributed by atoms with Gasteiger partial charge >= 0.3 is 11.9 Å². The number of halogens is 2. The first kappa shape index (κ1) is 20.5. The minimum Gasteiger partial charge on any atom is -0.480 e. The van der Waals surface area contributed by atoms with Gasteiger partial charge in [0.05, 0.1) is 0 Å². The van der Waals surface area contributed by atoms with Gasteiger partial charge in [-0.15, -0.1) is 0 Å². The van der Waals surface area contributed by atoms with Gasteiger partial charge in [0.25, 0.3) is 0 Å². The van der Waals surface area contributed by atoms with Crippen molar-refractivity contribution < 1.29 is 19.8 Å². The number of hydrogen-bond acceptors (Lipinski definition) is 3. The third kappa shape index (κ3) is 7.34. The quantitative estimate of drug-likeness (QED) is 0.610. The zero-order valence-electron chi connectivity index (χ0n) is 13.5. The van der Waals surface area contributed by atoms with E-state index in [9.17, 15) is 19.8 Å². The lowest BCUT2D eigenvalue weighted by Crippen LogP contribution is -2.47. The predicted molar refractivity (Wildman–Crippen MR) is 95.6 cm³/mol. The standard InChI is InChI=1S/C17H21Cl2NO4/c1-10(2)6-15(17(23)24)20-14(16(21)22)5-3-4-11-7-12(18)9-13(19)8-11/h3-4,7-10,14-15,20H,5-6H2,1-2H3,(H,21,22)(H,23,24). The molecule has 0 heterocycles. The first-order valence-electron chi connectivity index (χ1n) is 7.53. The zero-order valence-corrected chi connectivity index (χ0v) is 15.0. The molecular weight excluding hydrogens is 353 g/mol. The fourth-order valence-electron chi connectivity index (χ4n) is 2.21. The van der Waals surface area contributed by atoms with Crippen LogP contribution in [0.1, 0.15) is 32.3 Å². The molecule has 5 nitrogen and oxygen atoms in total. The molecule has 0 aromatic heterocycles. The zero-order chi connectivity index (χ0) is 18.3. The highest BCUT2D eigenvalue weighted by Crippen LogP contribution is 2.20. The molecule has 0 aliphatic heterocycles. The van der Waals surface area contributed by atoms with Gasteiger partial charge in [0, 0.05) is 10.0 Å². The third-order valence-corrected chi connectivity index (χ3v) is 3.71. The average molecular weight is 374 g/mol. The maximum atomic E-state index is 11.4. The van der Waals surface area contributed by atoms with Crippen LogP contribution in [-0.2, 0) is 9.59 Å². The first-order valence-corrected chi connectivity index (χ1v) is 8.29. The summed E-state index contributed by atoms with van der Waals surface area (Å²) in [5.74, 6) is -2.02. The van der Waals surface area contributed by atoms with Gasteiger partial charge in [0.15, 0.2) is 0 Å². The number of carboxylic acid groups (broad SMARTS) is 2. The molecule has 7 heteroatoms. The molecule has 0 saturated carbocycles. The molecule has 0 spiro atoms. The van der Waals surface area contributed by atoms with E-state index in [0.29, 0.717) is 16.5 Å². The Morgan fingerprint density at radius 3 is 2.08 bits per heavy atom. The second kappa shape index (κ2) is 9.67. The van der Waals surface area contributed by atoms with Crippen molar-refractivity contribution in [3.63, 3.8) is 0 Å².